The number of amides is 1. The van der Waals surface area contributed by atoms with E-state index in [0.717, 1.165) is 12.1 Å². The Morgan fingerprint density at radius 2 is 1.84 bits per heavy atom. The molecule has 0 heterocycles. The van der Waals surface area contributed by atoms with E-state index in [1.807, 2.05) is 0 Å². The van der Waals surface area contributed by atoms with Gasteiger partial charge in [-0.05, 0) is 25.0 Å². The Morgan fingerprint density at radius 3 is 2.42 bits per heavy atom. The van der Waals surface area contributed by atoms with Gasteiger partial charge < -0.3 is 4.90 Å². The van der Waals surface area contributed by atoms with Crippen LogP contribution in [-0.2, 0) is 9.59 Å². The van der Waals surface area contributed by atoms with Crippen LogP contribution in [0.15, 0.2) is 18.2 Å². The molecule has 0 spiro atoms. The van der Waals surface area contributed by atoms with Gasteiger partial charge in [-0.15, -0.1) is 0 Å². The summed E-state index contributed by atoms with van der Waals surface area (Å²) in [7, 11) is 1.53. The van der Waals surface area contributed by atoms with E-state index in [1.165, 1.54) is 18.0 Å². The fourth-order valence-corrected chi connectivity index (χ4v) is 2.28. The molecule has 0 bridgehead atoms. The van der Waals surface area contributed by atoms with Crippen molar-refractivity contribution in [1.82, 2.24) is 0 Å². The quantitative estimate of drug-likeness (QED) is 0.826. The van der Waals surface area contributed by atoms with Gasteiger partial charge in [0.2, 0.25) is 5.91 Å². The number of hydrogen-bond donors (Lipinski definition) is 0. The molecule has 19 heavy (non-hydrogen) atoms. The average molecular weight is 267 g/mol. The van der Waals surface area contributed by atoms with Gasteiger partial charge in [0.15, 0.2) is 11.6 Å². The van der Waals surface area contributed by atoms with Crippen molar-refractivity contribution in [2.75, 3.05) is 11.9 Å². The molecule has 1 saturated carbocycles. The first-order valence-corrected chi connectivity index (χ1v) is 6.23. The van der Waals surface area contributed by atoms with Gasteiger partial charge in [0, 0.05) is 37.6 Å². The molecule has 5 heteroatoms. The third kappa shape index (κ3) is 2.97. The lowest BCUT2D eigenvalue weighted by Crippen LogP contribution is -2.35. The summed E-state index contributed by atoms with van der Waals surface area (Å²) in [4.78, 5) is 24.7. The third-order valence-electron chi connectivity index (χ3n) is 3.51. The van der Waals surface area contributed by atoms with Crippen molar-refractivity contribution in [2.24, 2.45) is 5.92 Å². The van der Waals surface area contributed by atoms with Gasteiger partial charge in [-0.1, -0.05) is 0 Å². The van der Waals surface area contributed by atoms with Gasteiger partial charge in [0.05, 0.1) is 0 Å². The number of benzene rings is 1. The smallest absolute Gasteiger partial charge is 0.229 e. The predicted octanol–water partition coefficient (Wildman–Crippen LogP) is 2.69. The van der Waals surface area contributed by atoms with E-state index in [4.69, 9.17) is 0 Å². The molecular formula is C14H15F2NO2. The molecular weight excluding hydrogens is 252 g/mol. The molecule has 0 aliphatic heterocycles. The topological polar surface area (TPSA) is 37.4 Å². The molecule has 102 valence electrons. The van der Waals surface area contributed by atoms with Crippen LogP contribution in [0.25, 0.3) is 0 Å². The van der Waals surface area contributed by atoms with Crippen molar-refractivity contribution in [3.05, 3.63) is 29.8 Å². The molecule has 0 saturated heterocycles. The molecule has 1 aliphatic rings. The normalized spacial score (nSPS) is 16.5. The van der Waals surface area contributed by atoms with E-state index in [1.54, 1.807) is 0 Å². The van der Waals surface area contributed by atoms with Crippen LogP contribution in [0.5, 0.6) is 0 Å². The second-order valence-corrected chi connectivity index (χ2v) is 4.81. The van der Waals surface area contributed by atoms with Gasteiger partial charge >= 0.3 is 0 Å². The first kappa shape index (κ1) is 13.6. The van der Waals surface area contributed by atoms with Crippen LogP contribution in [0, 0.1) is 17.6 Å². The highest BCUT2D eigenvalue weighted by Crippen LogP contribution is 2.26. The molecule has 1 fully saturated rings. The van der Waals surface area contributed by atoms with E-state index in [0.29, 0.717) is 31.4 Å². The van der Waals surface area contributed by atoms with Crippen molar-refractivity contribution < 1.29 is 18.4 Å². The minimum atomic E-state index is -0.976. The Labute approximate surface area is 110 Å². The number of anilines is 1. The minimum absolute atomic E-state index is 0.154. The molecule has 0 radical (unpaired) electrons. The maximum atomic E-state index is 13.1. The number of carbonyl (C=O) groups is 2. The summed E-state index contributed by atoms with van der Waals surface area (Å²) >= 11 is 0. The molecule has 1 aromatic carbocycles. The molecule has 1 amide bonds. The minimum Gasteiger partial charge on any atom is -0.315 e. The Hall–Kier alpha value is -1.78. The van der Waals surface area contributed by atoms with Crippen LogP contribution in [0.1, 0.15) is 25.7 Å². The number of carbonyl (C=O) groups excluding carboxylic acids is 2. The summed E-state index contributed by atoms with van der Waals surface area (Å²) in [6, 6.07) is 3.37. The number of ketones is 1. The van der Waals surface area contributed by atoms with Crippen LogP contribution in [0.3, 0.4) is 0 Å². The monoisotopic (exact) mass is 267 g/mol. The Balaban J connectivity index is 2.10. The van der Waals surface area contributed by atoms with Crippen molar-refractivity contribution in [3.8, 4) is 0 Å². The Bertz CT molecular complexity index is 506. The highest BCUT2D eigenvalue weighted by molar-refractivity contribution is 5.95. The van der Waals surface area contributed by atoms with Crippen molar-refractivity contribution >= 4 is 17.4 Å². The van der Waals surface area contributed by atoms with Gasteiger partial charge in [-0.25, -0.2) is 8.78 Å². The first-order valence-electron chi connectivity index (χ1n) is 6.23. The third-order valence-corrected chi connectivity index (χ3v) is 3.51. The molecule has 2 rings (SSSR count). The second-order valence-electron chi connectivity index (χ2n) is 4.81. The zero-order valence-electron chi connectivity index (χ0n) is 10.7. The summed E-state index contributed by atoms with van der Waals surface area (Å²) in [6.07, 6.45) is 1.90. The summed E-state index contributed by atoms with van der Waals surface area (Å²) in [5, 5.41) is 0. The van der Waals surface area contributed by atoms with E-state index < -0.39 is 11.6 Å². The Morgan fingerprint density at radius 1 is 1.21 bits per heavy atom. The van der Waals surface area contributed by atoms with Crippen molar-refractivity contribution in [3.63, 3.8) is 0 Å². The highest BCUT2D eigenvalue weighted by Gasteiger charge is 2.27. The van der Waals surface area contributed by atoms with Crippen LogP contribution >= 0.6 is 0 Å². The molecule has 0 atom stereocenters. The lowest BCUT2D eigenvalue weighted by molar-refractivity contribution is -0.126. The number of halogens is 2. The fraction of sp³-hybridized carbons (Fsp3) is 0.429. The first-order chi connectivity index (χ1) is 8.99. The summed E-state index contributed by atoms with van der Waals surface area (Å²) in [5.74, 6) is -2.10. The van der Waals surface area contributed by atoms with Crippen molar-refractivity contribution in [1.29, 1.82) is 0 Å². The number of nitrogens with zero attached hydrogens (tertiary/aromatic N) is 1. The number of rotatable bonds is 2. The standard InChI is InChI=1S/C14H15F2NO2/c1-17(10-4-7-12(15)13(16)8-10)14(19)9-2-5-11(18)6-3-9/h4,7-9H,2-3,5-6H2,1H3. The molecule has 1 aliphatic carbocycles. The van der Waals surface area contributed by atoms with Crippen molar-refractivity contribution in [2.45, 2.75) is 25.7 Å². The lowest BCUT2D eigenvalue weighted by atomic mass is 9.87. The second kappa shape index (κ2) is 5.47. The number of hydrogen-bond acceptors (Lipinski definition) is 2. The van der Waals surface area contributed by atoms with Crippen LogP contribution in [0.4, 0.5) is 14.5 Å². The van der Waals surface area contributed by atoms with E-state index in [2.05, 4.69) is 0 Å². The molecule has 1 aromatic rings. The number of Topliss-reactive ketones (excluding diaryl/α,β-unsaturated/α-hetero) is 1. The zero-order chi connectivity index (χ0) is 14.0. The van der Waals surface area contributed by atoms with E-state index in [9.17, 15) is 18.4 Å². The van der Waals surface area contributed by atoms with E-state index >= 15 is 0 Å². The Kier molecular flexibility index (Phi) is 3.93. The molecule has 0 N–H and O–H groups in total. The molecule has 3 nitrogen and oxygen atoms in total. The van der Waals surface area contributed by atoms with Crippen LogP contribution in [0.2, 0.25) is 0 Å². The average Bonchev–Trinajstić information content (AvgIpc) is 2.41. The molecule has 0 aromatic heterocycles. The maximum Gasteiger partial charge on any atom is 0.229 e. The summed E-state index contributed by atoms with van der Waals surface area (Å²) in [5.41, 5.74) is 0.320. The summed E-state index contributed by atoms with van der Waals surface area (Å²) < 4.78 is 26.0. The zero-order valence-corrected chi connectivity index (χ0v) is 10.7. The van der Waals surface area contributed by atoms with Crippen LogP contribution < -0.4 is 4.90 Å². The van der Waals surface area contributed by atoms with Gasteiger partial charge in [-0.2, -0.15) is 0 Å². The SMILES string of the molecule is CN(C(=O)C1CCC(=O)CC1)c1ccc(F)c(F)c1. The highest BCUT2D eigenvalue weighted by atomic mass is 19.2. The van der Waals surface area contributed by atoms with Crippen LogP contribution in [-0.4, -0.2) is 18.7 Å². The lowest BCUT2D eigenvalue weighted by Gasteiger charge is -2.26. The van der Waals surface area contributed by atoms with E-state index in [-0.39, 0.29) is 17.6 Å². The maximum absolute atomic E-state index is 13.1. The largest absolute Gasteiger partial charge is 0.315 e. The van der Waals surface area contributed by atoms with Gasteiger partial charge in [0.25, 0.3) is 0 Å². The molecule has 0 unspecified atom stereocenters. The fourth-order valence-electron chi connectivity index (χ4n) is 2.28. The summed E-state index contributed by atoms with van der Waals surface area (Å²) in [6.45, 7) is 0. The predicted molar refractivity (Wildman–Crippen MR) is 66.7 cm³/mol. The van der Waals surface area contributed by atoms with Gasteiger partial charge in [0.1, 0.15) is 5.78 Å². The van der Waals surface area contributed by atoms with Gasteiger partial charge in [-0.3, -0.25) is 9.59 Å².